The number of amides is 1. The van der Waals surface area contributed by atoms with Crippen LogP contribution in [0.25, 0.3) is 0 Å². The van der Waals surface area contributed by atoms with Crippen molar-refractivity contribution in [3.05, 3.63) is 17.2 Å². The van der Waals surface area contributed by atoms with Crippen LogP contribution in [0.5, 0.6) is 17.2 Å². The van der Waals surface area contributed by atoms with E-state index in [0.29, 0.717) is 30.8 Å². The molecular formula is C17H26N2O5. The SMILES string of the molecule is COc1cc(C(N)=O)c(CC2(N(C)C)CCOCC2)c(OC)c1O. The van der Waals surface area contributed by atoms with E-state index in [9.17, 15) is 9.90 Å². The quantitative estimate of drug-likeness (QED) is 0.808. The van der Waals surface area contributed by atoms with Gasteiger partial charge in [-0.15, -0.1) is 0 Å². The summed E-state index contributed by atoms with van der Waals surface area (Å²) < 4.78 is 16.0. The number of carbonyl (C=O) groups is 1. The van der Waals surface area contributed by atoms with Gasteiger partial charge < -0.3 is 30.0 Å². The van der Waals surface area contributed by atoms with E-state index in [-0.39, 0.29) is 22.8 Å². The van der Waals surface area contributed by atoms with Crippen molar-refractivity contribution < 1.29 is 24.1 Å². The van der Waals surface area contributed by atoms with Crippen LogP contribution in [0.1, 0.15) is 28.8 Å². The molecule has 1 amide bonds. The molecule has 7 heteroatoms. The highest BCUT2D eigenvalue weighted by Crippen LogP contribution is 2.44. The minimum absolute atomic E-state index is 0.124. The number of primary amides is 1. The van der Waals surface area contributed by atoms with E-state index >= 15 is 0 Å². The summed E-state index contributed by atoms with van der Waals surface area (Å²) in [5.74, 6) is -0.310. The Labute approximate surface area is 142 Å². The number of hydrogen-bond donors (Lipinski definition) is 2. The summed E-state index contributed by atoms with van der Waals surface area (Å²) >= 11 is 0. The van der Waals surface area contributed by atoms with Gasteiger partial charge in [-0.25, -0.2) is 0 Å². The predicted molar refractivity (Wildman–Crippen MR) is 89.9 cm³/mol. The largest absolute Gasteiger partial charge is 0.502 e. The third kappa shape index (κ3) is 3.27. The molecule has 3 N–H and O–H groups in total. The topological polar surface area (TPSA) is 94.3 Å². The highest BCUT2D eigenvalue weighted by Gasteiger charge is 2.37. The third-order valence-corrected chi connectivity index (χ3v) is 4.89. The lowest BCUT2D eigenvalue weighted by Gasteiger charge is -2.43. The molecule has 0 atom stereocenters. The fourth-order valence-corrected chi connectivity index (χ4v) is 3.30. The summed E-state index contributed by atoms with van der Waals surface area (Å²) in [5.41, 5.74) is 6.26. The predicted octanol–water partition coefficient (Wildman–Crippen LogP) is 1.16. The molecule has 0 aliphatic carbocycles. The normalized spacial score (nSPS) is 16.9. The standard InChI is InChI=1S/C17H26N2O5/c1-19(2)17(5-7-24-8-6-17)10-12-11(16(18)21)9-13(22-3)14(20)15(12)23-4/h9,20H,5-8,10H2,1-4H3,(H2,18,21). The fourth-order valence-electron chi connectivity index (χ4n) is 3.30. The molecular weight excluding hydrogens is 312 g/mol. The molecule has 1 fully saturated rings. The van der Waals surface area contributed by atoms with Gasteiger partial charge in [0.05, 0.1) is 19.8 Å². The lowest BCUT2D eigenvalue weighted by molar-refractivity contribution is -0.00772. The van der Waals surface area contributed by atoms with Gasteiger partial charge in [-0.05, 0) is 39.4 Å². The number of methoxy groups -OCH3 is 2. The van der Waals surface area contributed by atoms with E-state index in [0.717, 1.165) is 12.8 Å². The zero-order valence-electron chi connectivity index (χ0n) is 14.7. The van der Waals surface area contributed by atoms with Crippen molar-refractivity contribution in [2.24, 2.45) is 5.73 Å². The summed E-state index contributed by atoms with van der Waals surface area (Å²) in [7, 11) is 6.88. The molecule has 2 rings (SSSR count). The maximum atomic E-state index is 12.0. The summed E-state index contributed by atoms with van der Waals surface area (Å²) in [4.78, 5) is 14.1. The molecule has 1 aliphatic rings. The Hall–Kier alpha value is -1.99. The van der Waals surface area contributed by atoms with Crippen LogP contribution in [0.2, 0.25) is 0 Å². The average molecular weight is 338 g/mol. The van der Waals surface area contributed by atoms with Gasteiger partial charge in [0.2, 0.25) is 11.7 Å². The number of phenols is 1. The molecule has 1 saturated heterocycles. The number of ether oxygens (including phenoxy) is 3. The first-order valence-electron chi connectivity index (χ1n) is 7.88. The smallest absolute Gasteiger partial charge is 0.249 e. The summed E-state index contributed by atoms with van der Waals surface area (Å²) in [6, 6.07) is 1.47. The Bertz CT molecular complexity index is 609. The Kier molecular flexibility index (Phi) is 5.56. The van der Waals surface area contributed by atoms with Crippen molar-refractivity contribution >= 4 is 5.91 Å². The Morgan fingerprint density at radius 3 is 2.42 bits per heavy atom. The van der Waals surface area contributed by atoms with Crippen LogP contribution >= 0.6 is 0 Å². The minimum Gasteiger partial charge on any atom is -0.502 e. The molecule has 0 aromatic heterocycles. The molecule has 0 bridgehead atoms. The molecule has 0 unspecified atom stereocenters. The summed E-state index contributed by atoms with van der Waals surface area (Å²) in [6.45, 7) is 1.29. The molecule has 1 aromatic rings. The van der Waals surface area contributed by atoms with E-state index in [4.69, 9.17) is 19.9 Å². The monoisotopic (exact) mass is 338 g/mol. The average Bonchev–Trinajstić information content (AvgIpc) is 2.55. The lowest BCUT2D eigenvalue weighted by Crippen LogP contribution is -2.50. The van der Waals surface area contributed by atoms with E-state index < -0.39 is 5.91 Å². The maximum absolute atomic E-state index is 12.0. The molecule has 134 valence electrons. The molecule has 0 spiro atoms. The van der Waals surface area contributed by atoms with Crippen LogP contribution in [0.15, 0.2) is 6.07 Å². The number of phenolic OH excluding ortho intramolecular Hbond substituents is 1. The van der Waals surface area contributed by atoms with Gasteiger partial charge in [-0.1, -0.05) is 0 Å². The molecule has 24 heavy (non-hydrogen) atoms. The van der Waals surface area contributed by atoms with Crippen molar-refractivity contribution in [2.45, 2.75) is 24.8 Å². The van der Waals surface area contributed by atoms with Gasteiger partial charge in [-0.2, -0.15) is 0 Å². The van der Waals surface area contributed by atoms with Crippen molar-refractivity contribution in [1.82, 2.24) is 4.90 Å². The minimum atomic E-state index is -0.581. The van der Waals surface area contributed by atoms with Gasteiger partial charge in [0.1, 0.15) is 0 Å². The van der Waals surface area contributed by atoms with E-state index in [1.165, 1.54) is 20.3 Å². The first-order valence-corrected chi connectivity index (χ1v) is 7.88. The highest BCUT2D eigenvalue weighted by atomic mass is 16.5. The fraction of sp³-hybridized carbons (Fsp3) is 0.588. The second kappa shape index (κ2) is 7.27. The maximum Gasteiger partial charge on any atom is 0.249 e. The van der Waals surface area contributed by atoms with Crippen LogP contribution < -0.4 is 15.2 Å². The van der Waals surface area contributed by atoms with Gasteiger partial charge in [-0.3, -0.25) is 4.79 Å². The lowest BCUT2D eigenvalue weighted by atomic mass is 9.80. The van der Waals surface area contributed by atoms with Crippen LogP contribution in [0.4, 0.5) is 0 Å². The number of nitrogens with two attached hydrogens (primary N) is 1. The number of carbonyl (C=O) groups excluding carboxylic acids is 1. The van der Waals surface area contributed by atoms with E-state index in [1.54, 1.807) is 0 Å². The van der Waals surface area contributed by atoms with Crippen molar-refractivity contribution in [3.8, 4) is 17.2 Å². The Balaban J connectivity index is 2.58. The van der Waals surface area contributed by atoms with Crippen LogP contribution in [0, 0.1) is 0 Å². The van der Waals surface area contributed by atoms with E-state index in [1.807, 2.05) is 14.1 Å². The third-order valence-electron chi connectivity index (χ3n) is 4.89. The first-order chi connectivity index (χ1) is 11.4. The van der Waals surface area contributed by atoms with Gasteiger partial charge in [0.25, 0.3) is 0 Å². The number of hydrogen-bond acceptors (Lipinski definition) is 6. The number of benzene rings is 1. The highest BCUT2D eigenvalue weighted by molar-refractivity contribution is 5.96. The summed E-state index contributed by atoms with van der Waals surface area (Å²) in [6.07, 6.45) is 2.14. The molecule has 0 saturated carbocycles. The number of nitrogens with zero attached hydrogens (tertiary/aromatic N) is 1. The second-order valence-corrected chi connectivity index (χ2v) is 6.26. The van der Waals surface area contributed by atoms with Gasteiger partial charge >= 0.3 is 0 Å². The van der Waals surface area contributed by atoms with Crippen molar-refractivity contribution in [3.63, 3.8) is 0 Å². The van der Waals surface area contributed by atoms with Crippen LogP contribution in [-0.4, -0.2) is 63.0 Å². The molecule has 7 nitrogen and oxygen atoms in total. The molecule has 1 aromatic carbocycles. The molecule has 1 heterocycles. The zero-order chi connectivity index (χ0) is 17.9. The molecule has 1 aliphatic heterocycles. The Morgan fingerprint density at radius 1 is 1.33 bits per heavy atom. The number of likely N-dealkylation sites (N-methyl/N-ethyl adjacent to an activating group) is 1. The van der Waals surface area contributed by atoms with Crippen molar-refractivity contribution in [2.75, 3.05) is 41.5 Å². The van der Waals surface area contributed by atoms with Crippen LogP contribution in [0.3, 0.4) is 0 Å². The van der Waals surface area contributed by atoms with Gasteiger partial charge in [0.15, 0.2) is 11.5 Å². The zero-order valence-corrected chi connectivity index (χ0v) is 14.7. The molecule has 0 radical (unpaired) electrons. The van der Waals surface area contributed by atoms with E-state index in [2.05, 4.69) is 4.90 Å². The second-order valence-electron chi connectivity index (χ2n) is 6.26. The van der Waals surface area contributed by atoms with Crippen molar-refractivity contribution in [1.29, 1.82) is 0 Å². The number of aromatic hydroxyl groups is 1. The number of rotatable bonds is 6. The first kappa shape index (κ1) is 18.4. The Morgan fingerprint density at radius 2 is 1.96 bits per heavy atom. The summed E-state index contributed by atoms with van der Waals surface area (Å²) in [5, 5.41) is 10.4. The van der Waals surface area contributed by atoms with Crippen LogP contribution in [-0.2, 0) is 11.2 Å². The van der Waals surface area contributed by atoms with Gasteiger partial charge in [0, 0.05) is 24.3 Å².